The van der Waals surface area contributed by atoms with Crippen molar-refractivity contribution in [2.75, 3.05) is 12.4 Å². The molecule has 2 aromatic heterocycles. The Bertz CT molecular complexity index is 1190. The molecule has 4 aromatic rings. The summed E-state index contributed by atoms with van der Waals surface area (Å²) in [6.45, 7) is 4.60. The van der Waals surface area contributed by atoms with Crippen molar-refractivity contribution < 1.29 is 9.53 Å². The fraction of sp³-hybridized carbons (Fsp3) is 0.174. The summed E-state index contributed by atoms with van der Waals surface area (Å²) in [5.41, 5.74) is 5.27. The molecule has 2 N–H and O–H groups in total. The molecule has 0 aliphatic rings. The van der Waals surface area contributed by atoms with E-state index in [1.807, 2.05) is 67.1 Å². The second-order valence-electron chi connectivity index (χ2n) is 7.11. The van der Waals surface area contributed by atoms with Crippen LogP contribution in [0.25, 0.3) is 11.3 Å². The van der Waals surface area contributed by atoms with Crippen LogP contribution in [0.2, 0.25) is 0 Å². The average Bonchev–Trinajstić information content (AvgIpc) is 3.33. The molecular formula is C23H23N5O2. The first kappa shape index (κ1) is 19.4. The topological polar surface area (TPSA) is 84.8 Å². The number of H-pyrrole nitrogens is 1. The SMILES string of the molecule is COc1ccccc1-c1cc(NC(=O)c2cccc(Cn3nc(C)cc3C)c2)n[nH]1. The number of hydrogen-bond donors (Lipinski definition) is 2. The quantitative estimate of drug-likeness (QED) is 0.507. The molecule has 0 saturated heterocycles. The summed E-state index contributed by atoms with van der Waals surface area (Å²) in [5, 5.41) is 14.5. The van der Waals surface area contributed by atoms with E-state index in [-0.39, 0.29) is 5.91 Å². The maximum absolute atomic E-state index is 12.7. The molecule has 0 fully saturated rings. The van der Waals surface area contributed by atoms with Crippen LogP contribution >= 0.6 is 0 Å². The Labute approximate surface area is 174 Å². The van der Waals surface area contributed by atoms with Gasteiger partial charge in [0.15, 0.2) is 5.82 Å². The molecular weight excluding hydrogens is 378 g/mol. The highest BCUT2D eigenvalue weighted by molar-refractivity contribution is 6.04. The second-order valence-corrected chi connectivity index (χ2v) is 7.11. The Balaban J connectivity index is 1.49. The van der Waals surface area contributed by atoms with Crippen LogP contribution in [0.1, 0.15) is 27.3 Å². The number of carbonyl (C=O) groups is 1. The molecule has 0 aliphatic carbocycles. The van der Waals surface area contributed by atoms with E-state index in [2.05, 4.69) is 20.6 Å². The Morgan fingerprint density at radius 3 is 2.70 bits per heavy atom. The van der Waals surface area contributed by atoms with Gasteiger partial charge in [-0.1, -0.05) is 24.3 Å². The highest BCUT2D eigenvalue weighted by Crippen LogP contribution is 2.29. The zero-order chi connectivity index (χ0) is 21.1. The monoisotopic (exact) mass is 401 g/mol. The largest absolute Gasteiger partial charge is 0.496 e. The first-order valence-corrected chi connectivity index (χ1v) is 9.63. The highest BCUT2D eigenvalue weighted by Gasteiger charge is 2.12. The molecule has 7 nitrogen and oxygen atoms in total. The van der Waals surface area contributed by atoms with Gasteiger partial charge < -0.3 is 10.1 Å². The van der Waals surface area contributed by atoms with Gasteiger partial charge in [-0.25, -0.2) is 0 Å². The number of carbonyl (C=O) groups excluding carboxylic acids is 1. The van der Waals surface area contributed by atoms with E-state index < -0.39 is 0 Å². The Morgan fingerprint density at radius 2 is 1.93 bits per heavy atom. The number of amides is 1. The molecule has 0 atom stereocenters. The molecule has 0 unspecified atom stereocenters. The standard InChI is InChI=1S/C23H23N5O2/c1-15-11-16(2)28(27-15)14-17-7-6-8-18(12-17)23(29)24-22-13-20(25-26-22)19-9-4-5-10-21(19)30-3/h4-13H,14H2,1-3H3,(H2,24,25,26,29). The molecule has 0 bridgehead atoms. The van der Waals surface area contributed by atoms with Crippen molar-refractivity contribution in [1.29, 1.82) is 0 Å². The van der Waals surface area contributed by atoms with Crippen molar-refractivity contribution in [1.82, 2.24) is 20.0 Å². The van der Waals surface area contributed by atoms with Gasteiger partial charge >= 0.3 is 0 Å². The van der Waals surface area contributed by atoms with Crippen molar-refractivity contribution in [3.05, 3.63) is 83.2 Å². The van der Waals surface area contributed by atoms with Gasteiger partial charge in [-0.2, -0.15) is 10.2 Å². The number of benzene rings is 2. The van der Waals surface area contributed by atoms with Gasteiger partial charge in [0.05, 0.1) is 25.0 Å². The van der Waals surface area contributed by atoms with Crippen molar-refractivity contribution in [2.24, 2.45) is 0 Å². The summed E-state index contributed by atoms with van der Waals surface area (Å²) in [4.78, 5) is 12.7. The van der Waals surface area contributed by atoms with Crippen LogP contribution in [0.3, 0.4) is 0 Å². The van der Waals surface area contributed by atoms with E-state index >= 15 is 0 Å². The van der Waals surface area contributed by atoms with Crippen molar-refractivity contribution in [3.63, 3.8) is 0 Å². The van der Waals surface area contributed by atoms with Gasteiger partial charge in [-0.3, -0.25) is 14.6 Å². The number of rotatable bonds is 6. The average molecular weight is 401 g/mol. The van der Waals surface area contributed by atoms with Crippen molar-refractivity contribution in [2.45, 2.75) is 20.4 Å². The molecule has 0 radical (unpaired) electrons. The van der Waals surface area contributed by atoms with E-state index in [9.17, 15) is 4.79 Å². The number of aromatic nitrogens is 4. The molecule has 2 heterocycles. The van der Waals surface area contributed by atoms with Gasteiger partial charge in [-0.15, -0.1) is 0 Å². The first-order chi connectivity index (χ1) is 14.5. The summed E-state index contributed by atoms with van der Waals surface area (Å²) >= 11 is 0. The van der Waals surface area contributed by atoms with Crippen LogP contribution in [0.15, 0.2) is 60.7 Å². The summed E-state index contributed by atoms with van der Waals surface area (Å²) in [6.07, 6.45) is 0. The maximum Gasteiger partial charge on any atom is 0.256 e. The van der Waals surface area contributed by atoms with Crippen LogP contribution in [-0.2, 0) is 6.54 Å². The molecule has 0 aliphatic heterocycles. The molecule has 4 rings (SSSR count). The number of aryl methyl sites for hydroxylation is 2. The predicted molar refractivity (Wildman–Crippen MR) is 116 cm³/mol. The summed E-state index contributed by atoms with van der Waals surface area (Å²) in [7, 11) is 1.62. The van der Waals surface area contributed by atoms with Gasteiger partial charge in [0.2, 0.25) is 0 Å². The minimum atomic E-state index is -0.219. The van der Waals surface area contributed by atoms with E-state index in [4.69, 9.17) is 4.74 Å². The smallest absolute Gasteiger partial charge is 0.256 e. The number of nitrogens with zero attached hydrogens (tertiary/aromatic N) is 3. The first-order valence-electron chi connectivity index (χ1n) is 9.63. The van der Waals surface area contributed by atoms with Gasteiger partial charge in [0.25, 0.3) is 5.91 Å². The van der Waals surface area contributed by atoms with Crippen LogP contribution in [0.5, 0.6) is 5.75 Å². The van der Waals surface area contributed by atoms with E-state index in [0.29, 0.717) is 17.9 Å². The predicted octanol–water partition coefficient (Wildman–Crippen LogP) is 4.20. The molecule has 1 amide bonds. The molecule has 2 aromatic carbocycles. The van der Waals surface area contributed by atoms with E-state index in [0.717, 1.165) is 34.0 Å². The lowest BCUT2D eigenvalue weighted by atomic mass is 10.1. The number of hydrogen-bond acceptors (Lipinski definition) is 4. The van der Waals surface area contributed by atoms with Crippen LogP contribution < -0.4 is 10.1 Å². The number of para-hydroxylation sites is 1. The third-order valence-electron chi connectivity index (χ3n) is 4.84. The molecule has 0 spiro atoms. The normalized spacial score (nSPS) is 10.8. The molecule has 0 saturated carbocycles. The zero-order valence-electron chi connectivity index (χ0n) is 17.1. The van der Waals surface area contributed by atoms with Crippen LogP contribution in [0, 0.1) is 13.8 Å². The van der Waals surface area contributed by atoms with Crippen LogP contribution in [0.4, 0.5) is 5.82 Å². The fourth-order valence-corrected chi connectivity index (χ4v) is 3.40. The van der Waals surface area contributed by atoms with Gasteiger partial charge in [0.1, 0.15) is 5.75 Å². The second kappa shape index (κ2) is 8.24. The molecule has 30 heavy (non-hydrogen) atoms. The number of aromatic amines is 1. The number of methoxy groups -OCH3 is 1. The zero-order valence-corrected chi connectivity index (χ0v) is 17.1. The van der Waals surface area contributed by atoms with Crippen molar-refractivity contribution in [3.8, 4) is 17.0 Å². The third kappa shape index (κ3) is 4.10. The Morgan fingerprint density at radius 1 is 1.10 bits per heavy atom. The lowest BCUT2D eigenvalue weighted by Gasteiger charge is -2.07. The maximum atomic E-state index is 12.7. The highest BCUT2D eigenvalue weighted by atomic mass is 16.5. The van der Waals surface area contributed by atoms with E-state index in [1.54, 1.807) is 19.2 Å². The van der Waals surface area contributed by atoms with Gasteiger partial charge in [-0.05, 0) is 49.7 Å². The summed E-state index contributed by atoms with van der Waals surface area (Å²) in [5.74, 6) is 0.962. The number of anilines is 1. The van der Waals surface area contributed by atoms with Crippen LogP contribution in [-0.4, -0.2) is 33.0 Å². The summed E-state index contributed by atoms with van der Waals surface area (Å²) < 4.78 is 7.32. The minimum absolute atomic E-state index is 0.219. The van der Waals surface area contributed by atoms with Crippen molar-refractivity contribution >= 4 is 11.7 Å². The van der Waals surface area contributed by atoms with E-state index in [1.165, 1.54) is 0 Å². The Kier molecular flexibility index (Phi) is 5.34. The number of nitrogens with one attached hydrogen (secondary N) is 2. The minimum Gasteiger partial charge on any atom is -0.496 e. The fourth-order valence-electron chi connectivity index (χ4n) is 3.40. The number of ether oxygens (including phenoxy) is 1. The summed E-state index contributed by atoms with van der Waals surface area (Å²) in [6, 6.07) is 19.0. The Hall–Kier alpha value is -3.87. The lowest BCUT2D eigenvalue weighted by Crippen LogP contribution is -2.13. The molecule has 152 valence electrons. The molecule has 7 heteroatoms. The lowest BCUT2D eigenvalue weighted by molar-refractivity contribution is 0.102. The third-order valence-corrected chi connectivity index (χ3v) is 4.84. The van der Waals surface area contributed by atoms with Gasteiger partial charge in [0, 0.05) is 22.9 Å².